The van der Waals surface area contributed by atoms with Crippen LogP contribution < -0.4 is 9.80 Å². The highest BCUT2D eigenvalue weighted by Gasteiger charge is 2.34. The second-order valence-electron chi connectivity index (χ2n) is 12.0. The van der Waals surface area contributed by atoms with Gasteiger partial charge in [0.1, 0.15) is 29.5 Å². The minimum absolute atomic E-state index is 0.0983. The van der Waals surface area contributed by atoms with Crippen LogP contribution in [-0.2, 0) is 11.3 Å². The van der Waals surface area contributed by atoms with E-state index in [0.717, 1.165) is 48.4 Å². The fourth-order valence-corrected chi connectivity index (χ4v) is 5.79. The topological polar surface area (TPSA) is 116 Å². The number of esters is 1. The van der Waals surface area contributed by atoms with Gasteiger partial charge in [0.15, 0.2) is 0 Å². The van der Waals surface area contributed by atoms with E-state index in [4.69, 9.17) is 4.74 Å². The summed E-state index contributed by atoms with van der Waals surface area (Å²) in [5.41, 5.74) is 3.38. The summed E-state index contributed by atoms with van der Waals surface area (Å²) in [6.07, 6.45) is 4.91. The number of rotatable bonds is 5. The molecule has 2 aliphatic heterocycles. The van der Waals surface area contributed by atoms with Gasteiger partial charge in [-0.3, -0.25) is 4.90 Å². The third-order valence-electron chi connectivity index (χ3n) is 7.81. The Hall–Kier alpha value is -5.04. The predicted octanol–water partition coefficient (Wildman–Crippen LogP) is 5.84. The molecule has 0 atom stereocenters. The monoisotopic (exact) mass is 575 g/mol. The van der Waals surface area contributed by atoms with E-state index in [1.165, 1.54) is 6.33 Å². The number of piperidine rings is 1. The van der Waals surface area contributed by atoms with Crippen LogP contribution in [0.1, 0.15) is 55.2 Å². The van der Waals surface area contributed by atoms with Gasteiger partial charge in [0.25, 0.3) is 0 Å². The zero-order chi connectivity index (χ0) is 30.1. The van der Waals surface area contributed by atoms with Crippen LogP contribution in [0, 0.1) is 17.2 Å². The Morgan fingerprint density at radius 2 is 1.84 bits per heavy atom. The number of benzene rings is 2. The van der Waals surface area contributed by atoms with Gasteiger partial charge in [0, 0.05) is 37.8 Å². The Bertz CT molecular complexity index is 1730. The molecule has 2 aliphatic rings. The normalized spacial score (nSPS) is 15.8. The summed E-state index contributed by atoms with van der Waals surface area (Å²) in [5.74, 6) is 0.795. The lowest BCUT2D eigenvalue weighted by Gasteiger charge is -2.40. The summed E-state index contributed by atoms with van der Waals surface area (Å²) in [7, 11) is 0. The number of urea groups is 1. The molecule has 0 radical (unpaired) electrons. The highest BCUT2D eigenvalue weighted by atomic mass is 16.6. The Kier molecular flexibility index (Phi) is 7.40. The molecule has 0 spiro atoms. The quantitative estimate of drug-likeness (QED) is 0.273. The molecule has 4 heterocycles. The first-order valence-electron chi connectivity index (χ1n) is 14.5. The molecule has 218 valence electrons. The molecule has 1 fully saturated rings. The van der Waals surface area contributed by atoms with Gasteiger partial charge in [-0.15, -0.1) is 0 Å². The number of fused-ring (bicyclic) bond motifs is 2. The number of pyridine rings is 1. The number of carbonyl (C=O) groups is 2. The predicted molar refractivity (Wildman–Crippen MR) is 163 cm³/mol. The summed E-state index contributed by atoms with van der Waals surface area (Å²) >= 11 is 0. The van der Waals surface area contributed by atoms with E-state index >= 15 is 0 Å². The first kappa shape index (κ1) is 28.1. The van der Waals surface area contributed by atoms with E-state index in [9.17, 15) is 14.9 Å². The van der Waals surface area contributed by atoms with Crippen molar-refractivity contribution < 1.29 is 14.3 Å². The van der Waals surface area contributed by atoms with Crippen LogP contribution in [0.4, 0.5) is 22.0 Å². The number of amides is 2. The van der Waals surface area contributed by atoms with Gasteiger partial charge in [0.2, 0.25) is 0 Å². The minimum Gasteiger partial charge on any atom is -0.456 e. The zero-order valence-electron chi connectivity index (χ0n) is 24.5. The fraction of sp³-hybridized carbons (Fsp3) is 0.333. The van der Waals surface area contributed by atoms with Crippen molar-refractivity contribution >= 4 is 40.1 Å². The summed E-state index contributed by atoms with van der Waals surface area (Å²) in [6.45, 7) is 8.30. The van der Waals surface area contributed by atoms with Gasteiger partial charge < -0.3 is 14.5 Å². The average Bonchev–Trinajstić information content (AvgIpc) is 3.00. The molecule has 2 aromatic heterocycles. The number of nitrogens with zero attached hydrogens (tertiary/aromatic N) is 7. The van der Waals surface area contributed by atoms with E-state index < -0.39 is 5.60 Å². The molecule has 2 aromatic carbocycles. The first-order valence-corrected chi connectivity index (χ1v) is 14.5. The molecule has 0 aliphatic carbocycles. The first-order chi connectivity index (χ1) is 20.7. The maximum atomic E-state index is 13.8. The fourth-order valence-electron chi connectivity index (χ4n) is 5.79. The van der Waals surface area contributed by atoms with E-state index in [1.807, 2.05) is 56.0 Å². The molecule has 1 saturated heterocycles. The van der Waals surface area contributed by atoms with Crippen LogP contribution >= 0.6 is 0 Å². The number of carbonyl (C=O) groups excluding carboxylic acids is 2. The second kappa shape index (κ2) is 11.3. The van der Waals surface area contributed by atoms with Crippen LogP contribution in [0.5, 0.6) is 0 Å². The lowest BCUT2D eigenvalue weighted by Crippen LogP contribution is -2.48. The molecule has 43 heavy (non-hydrogen) atoms. The molecule has 0 bridgehead atoms. The Balaban J connectivity index is 1.16. The van der Waals surface area contributed by atoms with Crippen molar-refractivity contribution in [3.05, 3.63) is 83.9 Å². The molecular formula is C33H33N7O3. The van der Waals surface area contributed by atoms with Gasteiger partial charge in [-0.2, -0.15) is 5.26 Å². The number of nitriles is 1. The van der Waals surface area contributed by atoms with Crippen molar-refractivity contribution in [3.8, 4) is 6.07 Å². The van der Waals surface area contributed by atoms with Crippen molar-refractivity contribution in [2.24, 2.45) is 5.92 Å². The minimum atomic E-state index is -0.576. The van der Waals surface area contributed by atoms with Crippen LogP contribution in [0.2, 0.25) is 0 Å². The van der Waals surface area contributed by atoms with Crippen molar-refractivity contribution in [2.75, 3.05) is 29.4 Å². The second-order valence-corrected chi connectivity index (χ2v) is 12.0. The van der Waals surface area contributed by atoms with Gasteiger partial charge in [0.05, 0.1) is 22.5 Å². The molecule has 0 saturated carbocycles. The Morgan fingerprint density at radius 1 is 1.05 bits per heavy atom. The average molecular weight is 576 g/mol. The van der Waals surface area contributed by atoms with Gasteiger partial charge in [-0.25, -0.2) is 24.5 Å². The molecule has 0 N–H and O–H groups in total. The lowest BCUT2D eigenvalue weighted by molar-refractivity contribution is 0.00696. The van der Waals surface area contributed by atoms with E-state index in [1.54, 1.807) is 35.4 Å². The molecular weight excluding hydrogens is 542 g/mol. The van der Waals surface area contributed by atoms with Gasteiger partial charge >= 0.3 is 12.0 Å². The molecule has 10 heteroatoms. The Labute approximate surface area is 250 Å². The number of ether oxygens (including phenoxy) is 1. The number of aromatic nitrogens is 3. The summed E-state index contributed by atoms with van der Waals surface area (Å²) in [6, 6.07) is 18.7. The third-order valence-corrected chi connectivity index (χ3v) is 7.81. The maximum absolute atomic E-state index is 13.8. The van der Waals surface area contributed by atoms with Crippen molar-refractivity contribution in [1.29, 1.82) is 5.26 Å². The smallest absolute Gasteiger partial charge is 0.338 e. The van der Waals surface area contributed by atoms with Crippen LogP contribution in [0.3, 0.4) is 0 Å². The standard InChI is InChI=1S/C33H33N7O3/c1-33(2,3)43-31(41)23-8-9-27-28(16-23)36-21-37-30(27)38-14-11-22(12-15-38)19-39-20-24-6-4-5-7-29(24)40(32(39)42)26-10-13-35-25(17-26)18-34/h4-10,13,16-17,21-22H,11-12,14-15,19-20H2,1-3H3. The van der Waals surface area contributed by atoms with Crippen LogP contribution in [0.25, 0.3) is 10.9 Å². The summed E-state index contributed by atoms with van der Waals surface area (Å²) in [5, 5.41) is 10.3. The van der Waals surface area contributed by atoms with Gasteiger partial charge in [-0.05, 0) is 81.5 Å². The highest BCUT2D eigenvalue weighted by molar-refractivity contribution is 6.02. The third kappa shape index (κ3) is 5.84. The number of hydrogen-bond acceptors (Lipinski definition) is 8. The molecule has 4 aromatic rings. The van der Waals surface area contributed by atoms with Crippen molar-refractivity contribution in [2.45, 2.75) is 45.8 Å². The van der Waals surface area contributed by atoms with E-state index in [-0.39, 0.29) is 17.7 Å². The number of anilines is 3. The highest BCUT2D eigenvalue weighted by Crippen LogP contribution is 2.36. The van der Waals surface area contributed by atoms with Gasteiger partial charge in [-0.1, -0.05) is 18.2 Å². The number of para-hydroxylation sites is 1. The van der Waals surface area contributed by atoms with Crippen molar-refractivity contribution in [3.63, 3.8) is 0 Å². The summed E-state index contributed by atoms with van der Waals surface area (Å²) < 4.78 is 5.52. The lowest BCUT2D eigenvalue weighted by atomic mass is 9.95. The van der Waals surface area contributed by atoms with Crippen LogP contribution in [0.15, 0.2) is 67.1 Å². The van der Waals surface area contributed by atoms with E-state index in [0.29, 0.717) is 35.8 Å². The van der Waals surface area contributed by atoms with E-state index in [2.05, 4.69) is 25.9 Å². The molecule has 6 rings (SSSR count). The molecule has 10 nitrogen and oxygen atoms in total. The Morgan fingerprint density at radius 3 is 2.60 bits per heavy atom. The SMILES string of the molecule is CC(C)(C)OC(=O)c1ccc2c(N3CCC(CN4Cc5ccccc5N(c5ccnc(C#N)c5)C4=O)CC3)ncnc2c1. The zero-order valence-corrected chi connectivity index (χ0v) is 24.5. The molecule has 2 amide bonds. The van der Waals surface area contributed by atoms with Crippen LogP contribution in [-0.4, -0.2) is 57.1 Å². The number of hydrogen-bond donors (Lipinski definition) is 0. The largest absolute Gasteiger partial charge is 0.456 e. The maximum Gasteiger partial charge on any atom is 0.338 e. The molecule has 0 unspecified atom stereocenters. The van der Waals surface area contributed by atoms with Crippen molar-refractivity contribution in [1.82, 2.24) is 19.9 Å². The summed E-state index contributed by atoms with van der Waals surface area (Å²) in [4.78, 5) is 45.4.